The summed E-state index contributed by atoms with van der Waals surface area (Å²) in [5.41, 5.74) is -0.0713. The molecule has 1 unspecified atom stereocenters. The third-order valence-corrected chi connectivity index (χ3v) is 3.68. The van der Waals surface area contributed by atoms with Crippen LogP contribution in [0.3, 0.4) is 0 Å². The van der Waals surface area contributed by atoms with Crippen LogP contribution in [0.2, 0.25) is 0 Å². The Bertz CT molecular complexity index is 451. The molecule has 0 saturated heterocycles. The SMILES string of the molecule is C[C@H](C[P+](=O)Oc1ccccc1)C(=O)OCC(C)(C)C. The maximum absolute atomic E-state index is 11.8. The first-order chi connectivity index (χ1) is 9.28. The summed E-state index contributed by atoms with van der Waals surface area (Å²) in [6, 6.07) is 8.93. The van der Waals surface area contributed by atoms with Gasteiger partial charge in [-0.2, -0.15) is 0 Å². The van der Waals surface area contributed by atoms with Crippen molar-refractivity contribution in [3.63, 3.8) is 0 Å². The highest BCUT2D eigenvalue weighted by atomic mass is 31.1. The molecular weight excluding hydrogens is 275 g/mol. The smallest absolute Gasteiger partial charge is 0.465 e. The number of ether oxygens (including phenoxy) is 1. The number of hydrogen-bond acceptors (Lipinski definition) is 4. The average Bonchev–Trinajstić information content (AvgIpc) is 2.36. The van der Waals surface area contributed by atoms with Crippen LogP contribution in [0.4, 0.5) is 0 Å². The van der Waals surface area contributed by atoms with E-state index in [9.17, 15) is 9.36 Å². The third kappa shape index (κ3) is 6.67. The molecule has 2 atom stereocenters. The van der Waals surface area contributed by atoms with Crippen molar-refractivity contribution >= 4 is 14.0 Å². The molecule has 0 fully saturated rings. The van der Waals surface area contributed by atoms with Gasteiger partial charge in [0.05, 0.1) is 6.61 Å². The lowest BCUT2D eigenvalue weighted by Crippen LogP contribution is -2.23. The van der Waals surface area contributed by atoms with Crippen molar-refractivity contribution in [2.24, 2.45) is 11.3 Å². The fraction of sp³-hybridized carbons (Fsp3) is 0.533. The molecule has 1 aromatic carbocycles. The summed E-state index contributed by atoms with van der Waals surface area (Å²) in [4.78, 5) is 11.8. The lowest BCUT2D eigenvalue weighted by molar-refractivity contribution is -0.149. The maximum Gasteiger partial charge on any atom is 0.556 e. The van der Waals surface area contributed by atoms with Gasteiger partial charge < -0.3 is 4.74 Å². The minimum Gasteiger partial charge on any atom is -0.465 e. The standard InChI is InChI=1S/C15H22O4P/c1-12(14(16)18-11-15(2,3)4)10-20(17)19-13-8-6-5-7-9-13/h5-9,12H,10-11H2,1-4H3/q+1/t12-/m1/s1. The van der Waals surface area contributed by atoms with Gasteiger partial charge in [-0.1, -0.05) is 39.0 Å². The number of benzene rings is 1. The lowest BCUT2D eigenvalue weighted by Gasteiger charge is -2.18. The molecule has 1 aromatic rings. The molecule has 20 heavy (non-hydrogen) atoms. The zero-order valence-electron chi connectivity index (χ0n) is 12.5. The van der Waals surface area contributed by atoms with E-state index in [1.54, 1.807) is 31.2 Å². The Hall–Kier alpha value is -1.41. The van der Waals surface area contributed by atoms with Crippen LogP contribution in [0, 0.1) is 11.3 Å². The quantitative estimate of drug-likeness (QED) is 0.587. The number of esters is 1. The fourth-order valence-corrected chi connectivity index (χ4v) is 2.39. The van der Waals surface area contributed by atoms with Crippen molar-refractivity contribution in [1.29, 1.82) is 0 Å². The molecule has 4 nitrogen and oxygen atoms in total. The summed E-state index contributed by atoms with van der Waals surface area (Å²) in [5.74, 6) is -0.228. The molecule has 0 aromatic heterocycles. The number of hydrogen-bond donors (Lipinski definition) is 0. The Kier molecular flexibility index (Phi) is 6.15. The first-order valence-corrected chi connectivity index (χ1v) is 7.98. The molecule has 0 aliphatic carbocycles. The molecule has 0 N–H and O–H groups in total. The van der Waals surface area contributed by atoms with E-state index in [1.165, 1.54) is 0 Å². The van der Waals surface area contributed by atoms with E-state index in [1.807, 2.05) is 26.8 Å². The van der Waals surface area contributed by atoms with Crippen molar-refractivity contribution in [2.75, 3.05) is 12.8 Å². The minimum absolute atomic E-state index is 0.0713. The first kappa shape index (κ1) is 16.6. The Morgan fingerprint density at radius 2 is 1.85 bits per heavy atom. The highest BCUT2D eigenvalue weighted by Gasteiger charge is 2.29. The van der Waals surface area contributed by atoms with Gasteiger partial charge in [-0.05, 0) is 29.0 Å². The topological polar surface area (TPSA) is 52.6 Å². The summed E-state index contributed by atoms with van der Waals surface area (Å²) in [5, 5.41) is 0. The summed E-state index contributed by atoms with van der Waals surface area (Å²) in [6.07, 6.45) is 0.160. The molecule has 0 radical (unpaired) electrons. The van der Waals surface area contributed by atoms with Crippen molar-refractivity contribution < 1.29 is 18.6 Å². The predicted octanol–water partition coefficient (Wildman–Crippen LogP) is 4.03. The first-order valence-electron chi connectivity index (χ1n) is 6.62. The van der Waals surface area contributed by atoms with E-state index in [4.69, 9.17) is 9.26 Å². The fourth-order valence-electron chi connectivity index (χ4n) is 1.36. The summed E-state index contributed by atoms with van der Waals surface area (Å²) in [7, 11) is -1.92. The largest absolute Gasteiger partial charge is 0.556 e. The van der Waals surface area contributed by atoms with Gasteiger partial charge in [0.1, 0.15) is 5.92 Å². The molecule has 0 aliphatic heterocycles. The number of rotatable bonds is 6. The molecular formula is C15H22O4P+. The van der Waals surface area contributed by atoms with Crippen LogP contribution >= 0.6 is 8.03 Å². The van der Waals surface area contributed by atoms with Gasteiger partial charge in [0.25, 0.3) is 0 Å². The zero-order valence-corrected chi connectivity index (χ0v) is 13.4. The second-order valence-corrected chi connectivity index (χ2v) is 7.20. The lowest BCUT2D eigenvalue weighted by atomic mass is 9.99. The van der Waals surface area contributed by atoms with Gasteiger partial charge in [0.15, 0.2) is 11.9 Å². The van der Waals surface area contributed by atoms with Crippen molar-refractivity contribution in [3.05, 3.63) is 30.3 Å². The van der Waals surface area contributed by atoms with E-state index in [2.05, 4.69) is 0 Å². The van der Waals surface area contributed by atoms with Crippen molar-refractivity contribution in [1.82, 2.24) is 0 Å². The number of carbonyl (C=O) groups excluding carboxylic acids is 1. The molecule has 0 spiro atoms. The van der Waals surface area contributed by atoms with E-state index >= 15 is 0 Å². The predicted molar refractivity (Wildman–Crippen MR) is 79.1 cm³/mol. The van der Waals surface area contributed by atoms with Gasteiger partial charge in [0.2, 0.25) is 0 Å². The van der Waals surface area contributed by atoms with Gasteiger partial charge in [0, 0.05) is 0 Å². The Labute approximate surface area is 121 Å². The van der Waals surface area contributed by atoms with Crippen LogP contribution in [-0.4, -0.2) is 18.7 Å². The van der Waals surface area contributed by atoms with Crippen molar-refractivity contribution in [2.45, 2.75) is 27.7 Å². The molecule has 0 amide bonds. The Balaban J connectivity index is 2.39. The molecule has 0 bridgehead atoms. The van der Waals surface area contributed by atoms with Crippen LogP contribution in [-0.2, 0) is 14.1 Å². The Morgan fingerprint density at radius 3 is 2.40 bits per heavy atom. The minimum atomic E-state index is -1.92. The summed E-state index contributed by atoms with van der Waals surface area (Å²) in [6.45, 7) is 8.02. The number of carbonyl (C=O) groups is 1. The molecule has 0 aliphatic rings. The monoisotopic (exact) mass is 297 g/mol. The summed E-state index contributed by atoms with van der Waals surface area (Å²) < 4.78 is 22.3. The van der Waals surface area contributed by atoms with E-state index in [0.717, 1.165) is 0 Å². The van der Waals surface area contributed by atoms with Gasteiger partial charge in [-0.25, -0.2) is 0 Å². The maximum atomic E-state index is 11.8. The van der Waals surface area contributed by atoms with Gasteiger partial charge in [-0.3, -0.25) is 9.32 Å². The molecule has 0 saturated carbocycles. The molecule has 110 valence electrons. The molecule has 1 rings (SSSR count). The highest BCUT2D eigenvalue weighted by Crippen LogP contribution is 2.29. The van der Waals surface area contributed by atoms with Crippen LogP contribution in [0.1, 0.15) is 27.7 Å². The average molecular weight is 297 g/mol. The van der Waals surface area contributed by atoms with Crippen LogP contribution in [0.15, 0.2) is 30.3 Å². The molecule has 5 heteroatoms. The van der Waals surface area contributed by atoms with Gasteiger partial charge >= 0.3 is 14.0 Å². The number of para-hydroxylation sites is 1. The van der Waals surface area contributed by atoms with E-state index in [0.29, 0.717) is 12.4 Å². The van der Waals surface area contributed by atoms with E-state index < -0.39 is 13.9 Å². The normalized spacial score (nSPS) is 13.5. The summed E-state index contributed by atoms with van der Waals surface area (Å²) >= 11 is 0. The van der Waals surface area contributed by atoms with Crippen LogP contribution < -0.4 is 4.52 Å². The highest BCUT2D eigenvalue weighted by molar-refractivity contribution is 7.39. The van der Waals surface area contributed by atoms with Crippen LogP contribution in [0.5, 0.6) is 5.75 Å². The van der Waals surface area contributed by atoms with Crippen molar-refractivity contribution in [3.8, 4) is 5.75 Å². The Morgan fingerprint density at radius 1 is 1.25 bits per heavy atom. The molecule has 0 heterocycles. The third-order valence-electron chi connectivity index (χ3n) is 2.42. The van der Waals surface area contributed by atoms with Crippen LogP contribution in [0.25, 0.3) is 0 Å². The van der Waals surface area contributed by atoms with Gasteiger partial charge in [-0.15, -0.1) is 0 Å². The second kappa shape index (κ2) is 7.39. The zero-order chi connectivity index (χ0) is 15.2. The van der Waals surface area contributed by atoms with E-state index in [-0.39, 0.29) is 17.5 Å². The second-order valence-electron chi connectivity index (χ2n) is 5.99.